The van der Waals surface area contributed by atoms with Gasteiger partial charge in [0.1, 0.15) is 11.2 Å². The van der Waals surface area contributed by atoms with Crippen molar-refractivity contribution in [1.82, 2.24) is 20.2 Å². The molecular formula is C17H18N4O4S2. The van der Waals surface area contributed by atoms with Gasteiger partial charge >= 0.3 is 0 Å². The zero-order valence-corrected chi connectivity index (χ0v) is 16.2. The van der Waals surface area contributed by atoms with Gasteiger partial charge in [-0.1, -0.05) is 11.8 Å². The van der Waals surface area contributed by atoms with Gasteiger partial charge < -0.3 is 10.1 Å². The Hall–Kier alpha value is -2.20. The number of thiophene rings is 1. The molecule has 0 atom stereocenters. The molecule has 8 nitrogen and oxygen atoms in total. The molecule has 2 aromatic heterocycles. The van der Waals surface area contributed by atoms with E-state index in [-0.39, 0.29) is 42.5 Å². The third-order valence-electron chi connectivity index (χ3n) is 4.55. The van der Waals surface area contributed by atoms with Gasteiger partial charge in [0.05, 0.1) is 11.1 Å². The van der Waals surface area contributed by atoms with Crippen molar-refractivity contribution in [3.8, 4) is 5.88 Å². The summed E-state index contributed by atoms with van der Waals surface area (Å²) in [5.74, 6) is 0.0689. The van der Waals surface area contributed by atoms with Crippen molar-refractivity contribution in [1.29, 1.82) is 0 Å². The average molecular weight is 406 g/mol. The van der Waals surface area contributed by atoms with Crippen molar-refractivity contribution in [3.05, 3.63) is 16.8 Å². The molecule has 1 N–H and O–H groups in total. The van der Waals surface area contributed by atoms with Crippen molar-refractivity contribution >= 4 is 50.4 Å². The van der Waals surface area contributed by atoms with E-state index in [2.05, 4.69) is 15.3 Å². The number of nitrogens with one attached hydrogen (secondary N) is 1. The number of amides is 3. The van der Waals surface area contributed by atoms with E-state index in [1.54, 1.807) is 11.3 Å². The van der Waals surface area contributed by atoms with E-state index in [1.807, 2.05) is 0 Å². The molecule has 0 aromatic carbocycles. The summed E-state index contributed by atoms with van der Waals surface area (Å²) in [6, 6.07) is 0. The Bertz CT molecular complexity index is 898. The molecule has 10 heteroatoms. The summed E-state index contributed by atoms with van der Waals surface area (Å²) in [4.78, 5) is 47.0. The van der Waals surface area contributed by atoms with Gasteiger partial charge in [-0.25, -0.2) is 9.97 Å². The molecule has 1 fully saturated rings. The largest absolute Gasteiger partial charge is 0.467 e. The molecule has 1 saturated heterocycles. The first-order chi connectivity index (χ1) is 13.1. The lowest BCUT2D eigenvalue weighted by molar-refractivity contribution is -0.126. The van der Waals surface area contributed by atoms with Crippen LogP contribution in [0, 0.1) is 0 Å². The minimum Gasteiger partial charge on any atom is -0.467 e. The molecular weight excluding hydrogens is 388 g/mol. The highest BCUT2D eigenvalue weighted by molar-refractivity contribution is 8.14. The number of carbonyl (C=O) groups excluding carboxylic acids is 3. The molecule has 142 valence electrons. The van der Waals surface area contributed by atoms with Crippen molar-refractivity contribution in [2.24, 2.45) is 0 Å². The van der Waals surface area contributed by atoms with Crippen LogP contribution in [0.4, 0.5) is 4.79 Å². The molecule has 0 spiro atoms. The minimum atomic E-state index is -0.322. The van der Waals surface area contributed by atoms with Crippen LogP contribution in [0.3, 0.4) is 0 Å². The Balaban J connectivity index is 1.34. The summed E-state index contributed by atoms with van der Waals surface area (Å²) in [6.45, 7) is 0.201. The topological polar surface area (TPSA) is 101 Å². The number of hydrogen-bond donors (Lipinski definition) is 1. The van der Waals surface area contributed by atoms with Crippen LogP contribution in [-0.4, -0.2) is 57.4 Å². The van der Waals surface area contributed by atoms with Crippen LogP contribution in [0.15, 0.2) is 6.33 Å². The van der Waals surface area contributed by atoms with Crippen LogP contribution in [0.5, 0.6) is 5.88 Å². The van der Waals surface area contributed by atoms with Gasteiger partial charge in [-0.15, -0.1) is 11.3 Å². The second-order valence-electron chi connectivity index (χ2n) is 6.31. The average Bonchev–Trinajstić information content (AvgIpc) is 3.21. The van der Waals surface area contributed by atoms with Gasteiger partial charge in [0.2, 0.25) is 11.8 Å². The molecule has 0 saturated carbocycles. The number of thioether (sulfide) groups is 1. The van der Waals surface area contributed by atoms with E-state index in [0.29, 0.717) is 5.88 Å². The molecule has 4 rings (SSSR count). The lowest BCUT2D eigenvalue weighted by Crippen LogP contribution is -2.39. The van der Waals surface area contributed by atoms with Crippen molar-refractivity contribution in [2.75, 3.05) is 25.4 Å². The molecule has 2 aliphatic rings. The maximum Gasteiger partial charge on any atom is 0.288 e. The monoisotopic (exact) mass is 406 g/mol. The quantitative estimate of drug-likeness (QED) is 0.780. The first kappa shape index (κ1) is 18.2. The highest BCUT2D eigenvalue weighted by Crippen LogP contribution is 2.38. The maximum atomic E-state index is 12.0. The Morgan fingerprint density at radius 1 is 1.26 bits per heavy atom. The van der Waals surface area contributed by atoms with Crippen molar-refractivity contribution in [2.45, 2.75) is 25.7 Å². The number of imide groups is 1. The van der Waals surface area contributed by atoms with Gasteiger partial charge in [-0.2, -0.15) is 0 Å². The highest BCUT2D eigenvalue weighted by Gasteiger charge is 2.29. The van der Waals surface area contributed by atoms with Crippen LogP contribution >= 0.6 is 23.1 Å². The summed E-state index contributed by atoms with van der Waals surface area (Å²) in [7, 11) is 0. The Labute approximate surface area is 163 Å². The van der Waals surface area contributed by atoms with Crippen molar-refractivity contribution in [3.63, 3.8) is 0 Å². The predicted octanol–water partition coefficient (Wildman–Crippen LogP) is 1.76. The van der Waals surface area contributed by atoms with Gasteiger partial charge in [0, 0.05) is 18.0 Å². The van der Waals surface area contributed by atoms with E-state index in [1.165, 1.54) is 23.2 Å². The fourth-order valence-corrected chi connectivity index (χ4v) is 5.23. The van der Waals surface area contributed by atoms with Crippen LogP contribution in [0.1, 0.15) is 23.3 Å². The summed E-state index contributed by atoms with van der Waals surface area (Å²) in [6.07, 6.45) is 5.83. The van der Waals surface area contributed by atoms with Gasteiger partial charge in [-0.05, 0) is 31.2 Å². The number of ether oxygens (including phenoxy) is 1. The highest BCUT2D eigenvalue weighted by atomic mass is 32.2. The summed E-state index contributed by atoms with van der Waals surface area (Å²) in [5, 5.41) is 3.32. The molecule has 1 aliphatic carbocycles. The fraction of sp³-hybridized carbons (Fsp3) is 0.471. The molecule has 3 heterocycles. The van der Waals surface area contributed by atoms with Crippen LogP contribution in [0.2, 0.25) is 0 Å². The minimum absolute atomic E-state index is 0.171. The molecule has 0 unspecified atom stereocenters. The standard InChI is InChI=1S/C17H18N4O4S2/c22-12(18-5-6-21-13(23)8-26-17(21)24)7-25-15-14-10-3-1-2-4-11(10)27-16(14)20-9-19-15/h9H,1-8H2,(H,18,22). The number of aromatic nitrogens is 2. The first-order valence-electron chi connectivity index (χ1n) is 8.75. The van der Waals surface area contributed by atoms with Gasteiger partial charge in [-0.3, -0.25) is 19.3 Å². The number of rotatable bonds is 6. The lowest BCUT2D eigenvalue weighted by atomic mass is 9.97. The smallest absolute Gasteiger partial charge is 0.288 e. The second-order valence-corrected chi connectivity index (χ2v) is 8.32. The molecule has 1 aliphatic heterocycles. The Morgan fingerprint density at radius 3 is 2.93 bits per heavy atom. The maximum absolute atomic E-state index is 12.0. The fourth-order valence-electron chi connectivity index (χ4n) is 3.26. The third kappa shape index (κ3) is 3.77. The Morgan fingerprint density at radius 2 is 2.11 bits per heavy atom. The molecule has 27 heavy (non-hydrogen) atoms. The zero-order valence-electron chi connectivity index (χ0n) is 14.5. The van der Waals surface area contributed by atoms with E-state index in [4.69, 9.17) is 4.74 Å². The second kappa shape index (κ2) is 7.81. The van der Waals surface area contributed by atoms with Crippen LogP contribution < -0.4 is 10.1 Å². The van der Waals surface area contributed by atoms with E-state index >= 15 is 0 Å². The van der Waals surface area contributed by atoms with E-state index in [9.17, 15) is 14.4 Å². The van der Waals surface area contributed by atoms with Crippen molar-refractivity contribution < 1.29 is 19.1 Å². The third-order valence-corrected chi connectivity index (χ3v) is 6.61. The summed E-state index contributed by atoms with van der Waals surface area (Å²) >= 11 is 2.65. The normalized spacial score (nSPS) is 16.7. The zero-order chi connectivity index (χ0) is 18.8. The van der Waals surface area contributed by atoms with E-state index < -0.39 is 0 Å². The number of fused-ring (bicyclic) bond motifs is 3. The molecule has 3 amide bonds. The SMILES string of the molecule is O=C(COc1ncnc2sc3c(c12)CCCC3)NCCN1C(=O)CSC1=O. The Kier molecular flexibility index (Phi) is 5.26. The number of aryl methyl sites for hydroxylation is 2. The number of nitrogens with zero attached hydrogens (tertiary/aromatic N) is 3. The van der Waals surface area contributed by atoms with Crippen LogP contribution in [0.25, 0.3) is 10.2 Å². The van der Waals surface area contributed by atoms with E-state index in [0.717, 1.165) is 46.1 Å². The number of carbonyl (C=O) groups is 3. The van der Waals surface area contributed by atoms with Gasteiger partial charge in [0.15, 0.2) is 6.61 Å². The predicted molar refractivity (Wildman–Crippen MR) is 102 cm³/mol. The number of hydrogen-bond acceptors (Lipinski definition) is 8. The van der Waals surface area contributed by atoms with Crippen LogP contribution in [-0.2, 0) is 22.4 Å². The molecule has 0 radical (unpaired) electrons. The molecule has 2 aromatic rings. The molecule has 0 bridgehead atoms. The summed E-state index contributed by atoms with van der Waals surface area (Å²) < 4.78 is 5.66. The summed E-state index contributed by atoms with van der Waals surface area (Å²) in [5.41, 5.74) is 1.25. The first-order valence-corrected chi connectivity index (χ1v) is 10.6. The van der Waals surface area contributed by atoms with Gasteiger partial charge in [0.25, 0.3) is 11.1 Å². The lowest BCUT2D eigenvalue weighted by Gasteiger charge is -2.14.